The first-order valence-electron chi connectivity index (χ1n) is 27.1. The first-order valence-corrected chi connectivity index (χ1v) is 27.1. The van der Waals surface area contributed by atoms with Crippen LogP contribution < -0.4 is 0 Å². The van der Waals surface area contributed by atoms with Gasteiger partial charge in [0.15, 0.2) is 0 Å². The van der Waals surface area contributed by atoms with Crippen molar-refractivity contribution in [2.45, 2.75) is 116 Å². The fraction of sp³-hybridized carbons (Fsp3) is 0.793. The van der Waals surface area contributed by atoms with E-state index in [4.69, 9.17) is 0 Å². The van der Waals surface area contributed by atoms with E-state index in [2.05, 4.69) is 66.4 Å². The normalized spacial score (nSPS) is 62.7. The van der Waals surface area contributed by atoms with Crippen LogP contribution >= 0.6 is 0 Å². The second kappa shape index (κ2) is 10.3. The molecule has 1 saturated heterocycles. The summed E-state index contributed by atoms with van der Waals surface area (Å²) in [7, 11) is 2.68. The highest BCUT2D eigenvalue weighted by atomic mass is 15.2. The van der Waals surface area contributed by atoms with Crippen molar-refractivity contribution in [1.29, 1.82) is 0 Å². The molecule has 1 heteroatoms. The van der Waals surface area contributed by atoms with Crippen LogP contribution in [0, 0.1) is 153 Å². The second-order valence-electron chi connectivity index (χ2n) is 26.4. The maximum Gasteiger partial charge on any atom is 0.0454 e. The van der Waals surface area contributed by atoms with Gasteiger partial charge in [-0.25, -0.2) is 0 Å². The number of likely N-dealkylation sites (tertiary alicyclic amines) is 1. The average molecular weight is 782 g/mol. The number of hydrogen-bond acceptors (Lipinski definition) is 1. The summed E-state index contributed by atoms with van der Waals surface area (Å²) in [6.07, 6.45) is 29.9. The Morgan fingerprint density at radius 3 is 1.64 bits per heavy atom. The molecule has 1 nitrogen and oxygen atoms in total. The molecule has 308 valence electrons. The zero-order valence-corrected chi connectivity index (χ0v) is 36.4. The quantitative estimate of drug-likeness (QED) is 0.226. The Bertz CT molecular complexity index is 2220. The fourth-order valence-electron chi connectivity index (χ4n) is 27.6. The highest BCUT2D eigenvalue weighted by molar-refractivity contribution is 5.65. The van der Waals surface area contributed by atoms with Gasteiger partial charge in [-0.3, -0.25) is 4.90 Å². The Labute approximate surface area is 355 Å². The van der Waals surface area contributed by atoms with Gasteiger partial charge in [-0.2, -0.15) is 0 Å². The number of unbranched alkanes of at least 4 members (excludes halogenated alkanes) is 6. The molecular weight excluding hydrogens is 711 g/mol. The molecule has 0 radical (unpaired) electrons. The first-order chi connectivity index (χ1) is 29.2. The van der Waals surface area contributed by atoms with Crippen LogP contribution in [0.3, 0.4) is 0 Å². The van der Waals surface area contributed by atoms with Crippen LogP contribution in [0.1, 0.15) is 120 Å². The van der Waals surface area contributed by atoms with E-state index >= 15 is 0 Å². The molecule has 27 unspecified atom stereocenters. The van der Waals surface area contributed by atoms with Crippen molar-refractivity contribution in [1.82, 2.24) is 4.90 Å². The van der Waals surface area contributed by atoms with Crippen LogP contribution in [0.15, 0.2) is 58.7 Å². The van der Waals surface area contributed by atoms with Crippen LogP contribution in [0.5, 0.6) is 0 Å². The molecule has 0 aromatic heterocycles. The smallest absolute Gasteiger partial charge is 0.0454 e. The molecule has 18 rings (SSSR count). The summed E-state index contributed by atoms with van der Waals surface area (Å²) < 4.78 is 0. The Balaban J connectivity index is 0.866. The summed E-state index contributed by atoms with van der Waals surface area (Å²) in [5.74, 6) is 26.3. The lowest BCUT2D eigenvalue weighted by Crippen LogP contribution is -2.67. The first kappa shape index (κ1) is 33.0. The van der Waals surface area contributed by atoms with E-state index in [9.17, 15) is 0 Å². The van der Waals surface area contributed by atoms with E-state index in [0.717, 1.165) is 124 Å². The number of aryl methyl sites for hydroxylation is 1. The third-order valence-electron chi connectivity index (χ3n) is 26.7. The van der Waals surface area contributed by atoms with Gasteiger partial charge in [-0.05, 0) is 236 Å². The fourth-order valence-corrected chi connectivity index (χ4v) is 27.6. The number of fused-ring (bicyclic) bond motifs is 3. The topological polar surface area (TPSA) is 3.24 Å². The second-order valence-corrected chi connectivity index (χ2v) is 26.4. The predicted molar refractivity (Wildman–Crippen MR) is 232 cm³/mol. The van der Waals surface area contributed by atoms with Crippen molar-refractivity contribution in [3.63, 3.8) is 0 Å². The molecule has 14 fully saturated rings. The number of benzene rings is 1. The van der Waals surface area contributed by atoms with Gasteiger partial charge in [0.25, 0.3) is 0 Å². The van der Waals surface area contributed by atoms with Gasteiger partial charge in [0.05, 0.1) is 0 Å². The minimum atomic E-state index is 0.316. The maximum absolute atomic E-state index is 3.10. The lowest BCUT2D eigenvalue weighted by atomic mass is 9.33. The summed E-state index contributed by atoms with van der Waals surface area (Å²) in [5, 5.41) is 0. The Morgan fingerprint density at radius 2 is 1.00 bits per heavy atom. The Kier molecular flexibility index (Phi) is 5.78. The van der Waals surface area contributed by atoms with Crippen LogP contribution in [-0.4, -0.2) is 18.5 Å². The molecule has 2 spiro atoms. The molecule has 1 aromatic carbocycles. The SMILES string of the molecule is CCCCCCCCCc1ccc(C2N(C)CC34C5=C6CCC7C8CCC9C%10CCC%11C%12CCC%13=C(C=C5)C23C2C%13C%12C3C%11C%10C5C9C8C8C7C6C4C4C8C5C3C42)cc1. The van der Waals surface area contributed by atoms with Crippen molar-refractivity contribution < 1.29 is 0 Å². The molecule has 0 N–H and O–H groups in total. The van der Waals surface area contributed by atoms with Gasteiger partial charge in [-0.1, -0.05) is 93.0 Å². The van der Waals surface area contributed by atoms with Crippen molar-refractivity contribution in [2.75, 3.05) is 13.6 Å². The summed E-state index contributed by atoms with van der Waals surface area (Å²) in [6.45, 7) is 3.72. The van der Waals surface area contributed by atoms with Crippen molar-refractivity contribution in [2.24, 2.45) is 153 Å². The zero-order chi connectivity index (χ0) is 37.7. The molecule has 0 amide bonds. The minimum absolute atomic E-state index is 0.316. The lowest BCUT2D eigenvalue weighted by Gasteiger charge is -2.69. The number of hydrogen-bond donors (Lipinski definition) is 0. The summed E-state index contributed by atoms with van der Waals surface area (Å²) >= 11 is 0. The van der Waals surface area contributed by atoms with Gasteiger partial charge in [0, 0.05) is 23.4 Å². The van der Waals surface area contributed by atoms with E-state index < -0.39 is 0 Å². The van der Waals surface area contributed by atoms with Crippen LogP contribution in [0.2, 0.25) is 0 Å². The number of nitrogens with zero attached hydrogens (tertiary/aromatic N) is 1. The Morgan fingerprint density at radius 1 is 0.508 bits per heavy atom. The molecule has 27 atom stereocenters. The van der Waals surface area contributed by atoms with Gasteiger partial charge in [0.2, 0.25) is 0 Å². The highest BCUT2D eigenvalue weighted by Crippen LogP contribution is 2.96. The summed E-state index contributed by atoms with van der Waals surface area (Å²) in [5.41, 5.74) is 12.3. The molecule has 1 aliphatic heterocycles. The van der Waals surface area contributed by atoms with Crippen LogP contribution in [0.25, 0.3) is 0 Å². The standard InChI is InChI=1S/C58H71N/c1-3-4-5-6-7-8-9-10-26-11-13-27(14-12-26)56-58-37-24-23-36-34-21-19-32-30-17-15-28-29-16-18-31-33-20-22-35(37)45-43(33)48-41(31)39(29)46-38(28)40(30)47-42(32)44(34)54(57(36,58)25-59(56)2)52-50(47)49(46)51(48)53(52)55(45)58/h11-14,23-24,28-33,38-56H,3-10,15-22,25H2,1-2H3. The van der Waals surface area contributed by atoms with Crippen molar-refractivity contribution in [3.05, 3.63) is 69.8 Å². The molecule has 16 aliphatic carbocycles. The minimum Gasteiger partial charge on any atom is -0.297 e. The van der Waals surface area contributed by atoms with Crippen molar-refractivity contribution in [3.8, 4) is 0 Å². The third-order valence-corrected chi connectivity index (χ3v) is 26.7. The number of rotatable bonds is 9. The van der Waals surface area contributed by atoms with E-state index in [1.807, 2.05) is 11.1 Å². The van der Waals surface area contributed by atoms with Crippen LogP contribution in [-0.2, 0) is 6.42 Å². The van der Waals surface area contributed by atoms with Gasteiger partial charge >= 0.3 is 0 Å². The zero-order valence-electron chi connectivity index (χ0n) is 36.4. The van der Waals surface area contributed by atoms with E-state index in [0.29, 0.717) is 16.9 Å². The third kappa shape index (κ3) is 3.04. The highest BCUT2D eigenvalue weighted by Gasteiger charge is 2.92. The molecule has 13 saturated carbocycles. The maximum atomic E-state index is 3.10. The number of allylic oxidation sites excluding steroid dienone is 4. The van der Waals surface area contributed by atoms with Gasteiger partial charge in [0.1, 0.15) is 0 Å². The van der Waals surface area contributed by atoms with E-state index in [-0.39, 0.29) is 0 Å². The van der Waals surface area contributed by atoms with Gasteiger partial charge in [-0.15, -0.1) is 0 Å². The van der Waals surface area contributed by atoms with Crippen LogP contribution in [0.4, 0.5) is 0 Å². The Hall–Kier alpha value is -1.60. The summed E-state index contributed by atoms with van der Waals surface area (Å²) in [4.78, 5) is 3.10. The summed E-state index contributed by atoms with van der Waals surface area (Å²) in [6, 6.07) is 11.4. The van der Waals surface area contributed by atoms with E-state index in [1.165, 1.54) is 88.5 Å². The predicted octanol–water partition coefficient (Wildman–Crippen LogP) is 12.2. The largest absolute Gasteiger partial charge is 0.297 e. The molecule has 17 aliphatic rings. The molecule has 59 heavy (non-hydrogen) atoms. The lowest BCUT2D eigenvalue weighted by molar-refractivity contribution is -0.190. The monoisotopic (exact) mass is 782 g/mol. The van der Waals surface area contributed by atoms with Crippen molar-refractivity contribution >= 4 is 0 Å². The molecule has 0 bridgehead atoms. The molecule has 1 aromatic rings. The van der Waals surface area contributed by atoms with Gasteiger partial charge < -0.3 is 0 Å². The average Bonchev–Trinajstić information content (AvgIpc) is 4.10. The molecule has 1 heterocycles. The molecular formula is C58H71N. The van der Waals surface area contributed by atoms with E-state index in [1.54, 1.807) is 49.7 Å².